The smallest absolute Gasteiger partial charge is 0.0546 e. The molecule has 308 valence electrons. The lowest BCUT2D eigenvalue weighted by molar-refractivity contribution is 0.660. The Morgan fingerprint density at radius 1 is 0.338 bits per heavy atom. The molecule has 12 rings (SSSR count). The number of nitrogens with zero attached hydrogens (tertiary/aromatic N) is 2. The summed E-state index contributed by atoms with van der Waals surface area (Å²) in [5.74, 6) is 0. The normalized spacial score (nSPS) is 12.6. The molecule has 0 unspecified atom stereocenters. The third kappa shape index (κ3) is 6.32. The van der Waals surface area contributed by atoms with Gasteiger partial charge in [-0.2, -0.15) is 0 Å². The minimum atomic E-state index is -0.0801. The molecule has 11 aromatic rings. The third-order valence-electron chi connectivity index (χ3n) is 13.6. The van der Waals surface area contributed by atoms with Crippen molar-refractivity contribution in [2.24, 2.45) is 0 Å². The molecule has 2 nitrogen and oxygen atoms in total. The Morgan fingerprint density at radius 3 is 1.66 bits per heavy atom. The van der Waals surface area contributed by atoms with E-state index in [0.29, 0.717) is 0 Å². The van der Waals surface area contributed by atoms with Crippen LogP contribution in [0.3, 0.4) is 0 Å². The summed E-state index contributed by atoms with van der Waals surface area (Å²) < 4.78 is 2.40. The van der Waals surface area contributed by atoms with E-state index in [2.05, 4.69) is 266 Å². The van der Waals surface area contributed by atoms with Gasteiger partial charge in [0.25, 0.3) is 0 Å². The summed E-state index contributed by atoms with van der Waals surface area (Å²) in [6.45, 7) is 4.71. The Balaban J connectivity index is 1.17. The molecular formula is C63H46N2. The average molecular weight is 831 g/mol. The van der Waals surface area contributed by atoms with Gasteiger partial charge in [-0.3, -0.25) is 0 Å². The second kappa shape index (κ2) is 15.6. The van der Waals surface area contributed by atoms with E-state index in [-0.39, 0.29) is 5.41 Å². The van der Waals surface area contributed by atoms with Gasteiger partial charge in [-0.15, -0.1) is 0 Å². The van der Waals surface area contributed by atoms with Crippen molar-refractivity contribution in [2.45, 2.75) is 19.3 Å². The molecule has 0 saturated heterocycles. The van der Waals surface area contributed by atoms with Crippen LogP contribution in [0, 0.1) is 0 Å². The molecule has 2 heteroatoms. The summed E-state index contributed by atoms with van der Waals surface area (Å²) in [7, 11) is 0. The van der Waals surface area contributed by atoms with Gasteiger partial charge in [0.1, 0.15) is 0 Å². The van der Waals surface area contributed by atoms with Gasteiger partial charge in [-0.05, 0) is 110 Å². The highest BCUT2D eigenvalue weighted by atomic mass is 15.1. The summed E-state index contributed by atoms with van der Waals surface area (Å²) in [6, 6.07) is 89.1. The van der Waals surface area contributed by atoms with Crippen LogP contribution in [0.15, 0.2) is 243 Å². The second-order valence-electron chi connectivity index (χ2n) is 17.7. The van der Waals surface area contributed by atoms with Crippen molar-refractivity contribution in [1.82, 2.24) is 4.57 Å². The molecule has 0 bridgehead atoms. The number of benzene rings is 10. The van der Waals surface area contributed by atoms with E-state index in [4.69, 9.17) is 0 Å². The molecule has 1 aromatic heterocycles. The molecule has 65 heavy (non-hydrogen) atoms. The molecule has 1 aliphatic carbocycles. The van der Waals surface area contributed by atoms with Gasteiger partial charge in [0.2, 0.25) is 0 Å². The molecule has 0 spiro atoms. The lowest BCUT2D eigenvalue weighted by Gasteiger charge is -2.31. The topological polar surface area (TPSA) is 8.17 Å². The Morgan fingerprint density at radius 2 is 0.892 bits per heavy atom. The van der Waals surface area contributed by atoms with Gasteiger partial charge >= 0.3 is 0 Å². The number of hydrogen-bond donors (Lipinski definition) is 0. The molecule has 0 fully saturated rings. The number of aromatic nitrogens is 1. The van der Waals surface area contributed by atoms with Gasteiger partial charge in [-0.25, -0.2) is 0 Å². The van der Waals surface area contributed by atoms with Crippen molar-refractivity contribution in [3.05, 3.63) is 254 Å². The maximum Gasteiger partial charge on any atom is 0.0546 e. The predicted octanol–water partition coefficient (Wildman–Crippen LogP) is 17.2. The quantitative estimate of drug-likeness (QED) is 0.148. The van der Waals surface area contributed by atoms with Crippen LogP contribution in [0.1, 0.15) is 25.0 Å². The zero-order valence-corrected chi connectivity index (χ0v) is 36.5. The van der Waals surface area contributed by atoms with Gasteiger partial charge in [-0.1, -0.05) is 202 Å². The SMILES string of the molecule is CC1(C)c2ccccc2-c2cc(-c3ccccc3N(c3ccc4c(c3)c3ccccc3n4-c3ccccc3)c3cccc(-c4ccccc4)c3-c3ccccc3-c3ccccc3)ccc21. The van der Waals surface area contributed by atoms with E-state index in [1.165, 1.54) is 83.0 Å². The van der Waals surface area contributed by atoms with Crippen LogP contribution in [-0.4, -0.2) is 4.57 Å². The Labute approximate surface area is 381 Å². The van der Waals surface area contributed by atoms with E-state index in [0.717, 1.165) is 28.3 Å². The van der Waals surface area contributed by atoms with Crippen molar-refractivity contribution in [1.29, 1.82) is 0 Å². The monoisotopic (exact) mass is 830 g/mol. The number of hydrogen-bond acceptors (Lipinski definition) is 1. The zero-order chi connectivity index (χ0) is 43.5. The van der Waals surface area contributed by atoms with E-state index in [9.17, 15) is 0 Å². The van der Waals surface area contributed by atoms with Gasteiger partial charge < -0.3 is 9.47 Å². The Kier molecular flexibility index (Phi) is 9.21. The second-order valence-corrected chi connectivity index (χ2v) is 17.7. The number of anilines is 3. The fourth-order valence-corrected chi connectivity index (χ4v) is 10.6. The van der Waals surface area contributed by atoms with Gasteiger partial charge in [0.05, 0.1) is 22.4 Å². The molecule has 0 N–H and O–H groups in total. The molecule has 0 radical (unpaired) electrons. The minimum absolute atomic E-state index is 0.0801. The fourth-order valence-electron chi connectivity index (χ4n) is 10.6. The van der Waals surface area contributed by atoms with Crippen LogP contribution >= 0.6 is 0 Å². The predicted molar refractivity (Wildman–Crippen MR) is 275 cm³/mol. The molecule has 0 amide bonds. The van der Waals surface area contributed by atoms with Crippen LogP contribution in [-0.2, 0) is 5.41 Å². The summed E-state index contributed by atoms with van der Waals surface area (Å²) in [6.07, 6.45) is 0. The van der Waals surface area contributed by atoms with E-state index < -0.39 is 0 Å². The first-order valence-corrected chi connectivity index (χ1v) is 22.6. The lowest BCUT2D eigenvalue weighted by Crippen LogP contribution is -2.15. The molecule has 0 saturated carbocycles. The van der Waals surface area contributed by atoms with E-state index in [1.807, 2.05) is 0 Å². The standard InChI is InChI=1S/C63H46N2/c1-63(2)56-33-17-14-29-51(56)54-41-45(37-39-57(54)63)49-28-15-18-34-58(49)65(47-38-40-60-55(42-47)52-30-16-19-35-59(52)64(60)46-25-10-5-11-26-46)61-36-20-32-50(44-23-8-4-9-24-44)62(61)53-31-13-12-27-48(53)43-21-6-3-7-22-43/h3-42H,1-2H3. The van der Waals surface area contributed by atoms with Crippen molar-refractivity contribution in [2.75, 3.05) is 4.90 Å². The van der Waals surface area contributed by atoms with E-state index in [1.54, 1.807) is 0 Å². The molecule has 10 aromatic carbocycles. The van der Waals surface area contributed by atoms with Crippen molar-refractivity contribution >= 4 is 38.9 Å². The van der Waals surface area contributed by atoms with Gasteiger partial charge in [0, 0.05) is 38.7 Å². The molecule has 0 atom stereocenters. The van der Waals surface area contributed by atoms with Crippen LogP contribution in [0.4, 0.5) is 17.1 Å². The van der Waals surface area contributed by atoms with E-state index >= 15 is 0 Å². The minimum Gasteiger partial charge on any atom is -0.309 e. The van der Waals surface area contributed by atoms with Crippen LogP contribution < -0.4 is 4.90 Å². The van der Waals surface area contributed by atoms with Crippen molar-refractivity contribution < 1.29 is 0 Å². The number of fused-ring (bicyclic) bond motifs is 6. The highest BCUT2D eigenvalue weighted by molar-refractivity contribution is 6.11. The molecule has 0 aliphatic heterocycles. The average Bonchev–Trinajstić information content (AvgIpc) is 3.82. The maximum atomic E-state index is 2.53. The Hall–Kier alpha value is -8.20. The largest absolute Gasteiger partial charge is 0.309 e. The highest BCUT2D eigenvalue weighted by Crippen LogP contribution is 2.53. The lowest BCUT2D eigenvalue weighted by atomic mass is 9.82. The molecule has 1 heterocycles. The first-order chi connectivity index (χ1) is 32.0. The van der Waals surface area contributed by atoms with Crippen LogP contribution in [0.25, 0.3) is 83.1 Å². The van der Waals surface area contributed by atoms with Crippen LogP contribution in [0.2, 0.25) is 0 Å². The number of rotatable bonds is 8. The van der Waals surface area contributed by atoms with Crippen molar-refractivity contribution in [3.63, 3.8) is 0 Å². The zero-order valence-electron chi connectivity index (χ0n) is 36.5. The molecular weight excluding hydrogens is 785 g/mol. The van der Waals surface area contributed by atoms with Gasteiger partial charge in [0.15, 0.2) is 0 Å². The van der Waals surface area contributed by atoms with Crippen molar-refractivity contribution in [3.8, 4) is 61.3 Å². The summed E-state index contributed by atoms with van der Waals surface area (Å²) in [4.78, 5) is 2.53. The Bertz CT molecular complexity index is 3560. The highest BCUT2D eigenvalue weighted by Gasteiger charge is 2.35. The number of para-hydroxylation sites is 3. The summed E-state index contributed by atoms with van der Waals surface area (Å²) >= 11 is 0. The first-order valence-electron chi connectivity index (χ1n) is 22.6. The maximum absolute atomic E-state index is 2.53. The fraction of sp³-hybridized carbons (Fsp3) is 0.0476. The molecule has 1 aliphatic rings. The summed E-state index contributed by atoms with van der Waals surface area (Å²) in [5.41, 5.74) is 21.5. The van der Waals surface area contributed by atoms with Crippen LogP contribution in [0.5, 0.6) is 0 Å². The summed E-state index contributed by atoms with van der Waals surface area (Å²) in [5, 5.41) is 2.42. The first kappa shape index (κ1) is 38.5. The third-order valence-corrected chi connectivity index (χ3v) is 13.6.